The lowest BCUT2D eigenvalue weighted by Gasteiger charge is -2.27. The lowest BCUT2D eigenvalue weighted by molar-refractivity contribution is -0.798. The topological polar surface area (TPSA) is 37.3 Å². The summed E-state index contributed by atoms with van der Waals surface area (Å²) in [5.41, 5.74) is 0. The highest BCUT2D eigenvalue weighted by Gasteiger charge is 2.33. The van der Waals surface area contributed by atoms with Gasteiger partial charge < -0.3 is 5.11 Å². The van der Waals surface area contributed by atoms with E-state index in [1.165, 1.54) is 0 Å². The Labute approximate surface area is 77.0 Å². The van der Waals surface area contributed by atoms with Gasteiger partial charge in [0.15, 0.2) is 0 Å². The van der Waals surface area contributed by atoms with Crippen molar-refractivity contribution in [2.24, 2.45) is 0 Å². The molecule has 12 heavy (non-hydrogen) atoms. The normalized spacial score (nSPS) is 28.3. The molecule has 0 aromatic carbocycles. The molecule has 1 aliphatic heterocycles. The standard InChI is InChI=1S/C8H11NO2S/c1-2-9(8(10)11)5-3-7(12)4-6-9/h3-5H,2,6H2,1H3,(H-,10,11,12)/p+1. The minimum atomic E-state index is -0.814. The fourth-order valence-corrected chi connectivity index (χ4v) is 1.26. The third kappa shape index (κ3) is 1.54. The van der Waals surface area contributed by atoms with Gasteiger partial charge in [-0.15, -0.1) is 12.6 Å². The van der Waals surface area contributed by atoms with E-state index in [1.807, 2.05) is 13.0 Å². The molecule has 1 N–H and O–H groups in total. The molecule has 0 aromatic heterocycles. The van der Waals surface area contributed by atoms with Crippen LogP contribution in [-0.4, -0.2) is 28.8 Å². The number of carboxylic acid groups (broad SMARTS) is 1. The number of amides is 1. The first-order chi connectivity index (χ1) is 5.60. The van der Waals surface area contributed by atoms with E-state index in [9.17, 15) is 4.79 Å². The van der Waals surface area contributed by atoms with E-state index in [0.717, 1.165) is 4.91 Å². The summed E-state index contributed by atoms with van der Waals surface area (Å²) in [4.78, 5) is 11.7. The molecule has 0 saturated carbocycles. The fourth-order valence-electron chi connectivity index (χ4n) is 1.12. The maximum atomic E-state index is 10.9. The monoisotopic (exact) mass is 186 g/mol. The van der Waals surface area contributed by atoms with Crippen LogP contribution in [0.3, 0.4) is 0 Å². The maximum absolute atomic E-state index is 10.9. The Hall–Kier alpha value is -0.740. The lowest BCUT2D eigenvalue weighted by Crippen LogP contribution is -2.48. The van der Waals surface area contributed by atoms with Gasteiger partial charge in [0.25, 0.3) is 0 Å². The molecule has 3 nitrogen and oxygen atoms in total. The van der Waals surface area contributed by atoms with Crippen LogP contribution in [0.1, 0.15) is 6.92 Å². The minimum absolute atomic E-state index is 0.0238. The summed E-state index contributed by atoms with van der Waals surface area (Å²) in [6, 6.07) is 0. The van der Waals surface area contributed by atoms with E-state index in [1.54, 1.807) is 12.3 Å². The molecule has 0 fully saturated rings. The number of likely N-dealkylation sites (N-methyl/N-ethyl adjacent to an activating group) is 1. The first-order valence-electron chi connectivity index (χ1n) is 3.79. The van der Waals surface area contributed by atoms with Crippen LogP contribution in [-0.2, 0) is 0 Å². The summed E-state index contributed by atoms with van der Waals surface area (Å²) in [5, 5.41) is 8.94. The summed E-state index contributed by atoms with van der Waals surface area (Å²) in [6.07, 6.45) is 4.40. The zero-order chi connectivity index (χ0) is 9.19. The van der Waals surface area contributed by atoms with Crippen LogP contribution in [0.5, 0.6) is 0 Å². The van der Waals surface area contributed by atoms with E-state index in [0.29, 0.717) is 13.1 Å². The van der Waals surface area contributed by atoms with Gasteiger partial charge in [0.2, 0.25) is 0 Å². The van der Waals surface area contributed by atoms with Crippen LogP contribution in [0.25, 0.3) is 0 Å². The van der Waals surface area contributed by atoms with Crippen molar-refractivity contribution in [3.05, 3.63) is 23.3 Å². The van der Waals surface area contributed by atoms with Crippen LogP contribution in [0, 0.1) is 0 Å². The van der Waals surface area contributed by atoms with Gasteiger partial charge in [0.1, 0.15) is 12.7 Å². The largest absolute Gasteiger partial charge is 0.518 e. The molecule has 66 valence electrons. The van der Waals surface area contributed by atoms with Gasteiger partial charge >= 0.3 is 6.09 Å². The van der Waals surface area contributed by atoms with Crippen molar-refractivity contribution in [3.8, 4) is 0 Å². The zero-order valence-corrected chi connectivity index (χ0v) is 7.79. The molecule has 0 aromatic rings. The Morgan fingerprint density at radius 1 is 1.83 bits per heavy atom. The second-order valence-electron chi connectivity index (χ2n) is 2.76. The van der Waals surface area contributed by atoms with Crippen LogP contribution >= 0.6 is 12.6 Å². The Kier molecular flexibility index (Phi) is 2.59. The smallest absolute Gasteiger partial charge is 0.435 e. The van der Waals surface area contributed by atoms with Gasteiger partial charge in [0.05, 0.1) is 6.54 Å². The highest BCUT2D eigenvalue weighted by atomic mass is 32.1. The first-order valence-corrected chi connectivity index (χ1v) is 4.24. The molecule has 1 unspecified atom stereocenters. The maximum Gasteiger partial charge on any atom is 0.518 e. The number of nitrogens with zero attached hydrogens (tertiary/aromatic N) is 1. The van der Waals surface area contributed by atoms with Crippen LogP contribution in [0.15, 0.2) is 23.3 Å². The second-order valence-corrected chi connectivity index (χ2v) is 3.28. The van der Waals surface area contributed by atoms with Crippen molar-refractivity contribution in [1.29, 1.82) is 0 Å². The highest BCUT2D eigenvalue weighted by molar-refractivity contribution is 7.84. The SMILES string of the molecule is CC[N+]1(C(=O)O)C=CC(S)=CC1. The van der Waals surface area contributed by atoms with Crippen molar-refractivity contribution in [2.45, 2.75) is 6.92 Å². The quantitative estimate of drug-likeness (QED) is 0.484. The van der Waals surface area contributed by atoms with Crippen molar-refractivity contribution in [1.82, 2.24) is 0 Å². The zero-order valence-electron chi connectivity index (χ0n) is 6.90. The van der Waals surface area contributed by atoms with Crippen LogP contribution in [0.4, 0.5) is 4.79 Å². The number of thiol groups is 1. The molecular weight excluding hydrogens is 174 g/mol. The highest BCUT2D eigenvalue weighted by Crippen LogP contribution is 2.18. The summed E-state index contributed by atoms with van der Waals surface area (Å²) < 4.78 is -0.0238. The minimum Gasteiger partial charge on any atom is -0.435 e. The van der Waals surface area contributed by atoms with Crippen LogP contribution in [0.2, 0.25) is 0 Å². The molecule has 1 rings (SSSR count). The van der Waals surface area contributed by atoms with Gasteiger partial charge in [0, 0.05) is 11.0 Å². The van der Waals surface area contributed by atoms with E-state index in [-0.39, 0.29) is 4.48 Å². The molecule has 0 saturated heterocycles. The van der Waals surface area contributed by atoms with Crippen molar-refractivity contribution in [2.75, 3.05) is 13.1 Å². The summed E-state index contributed by atoms with van der Waals surface area (Å²) >= 11 is 4.12. The number of quaternary nitrogens is 1. The van der Waals surface area contributed by atoms with Gasteiger partial charge in [-0.25, -0.2) is 0 Å². The number of rotatable bonds is 1. The molecule has 1 heterocycles. The van der Waals surface area contributed by atoms with Crippen molar-refractivity contribution < 1.29 is 14.4 Å². The molecule has 1 aliphatic rings. The molecule has 1 atom stereocenters. The predicted molar refractivity (Wildman–Crippen MR) is 49.9 cm³/mol. The molecule has 0 radical (unpaired) electrons. The summed E-state index contributed by atoms with van der Waals surface area (Å²) in [7, 11) is 0. The Balaban J connectivity index is 2.88. The number of carbonyl (C=O) groups is 1. The van der Waals surface area contributed by atoms with E-state index in [4.69, 9.17) is 5.11 Å². The number of hydrogen-bond donors (Lipinski definition) is 2. The molecule has 4 heteroatoms. The second kappa shape index (κ2) is 3.33. The van der Waals surface area contributed by atoms with Gasteiger partial charge in [-0.1, -0.05) is 0 Å². The molecule has 1 amide bonds. The predicted octanol–water partition coefficient (Wildman–Crippen LogP) is 1.84. The fraction of sp³-hybridized carbons (Fsp3) is 0.375. The number of hydrogen-bond acceptors (Lipinski definition) is 2. The Morgan fingerprint density at radius 3 is 2.83 bits per heavy atom. The van der Waals surface area contributed by atoms with Gasteiger partial charge in [-0.2, -0.15) is 9.28 Å². The molecular formula is C8H12NO2S+. The third-order valence-corrected chi connectivity index (χ3v) is 2.43. The summed E-state index contributed by atoms with van der Waals surface area (Å²) in [5.74, 6) is 0. The third-order valence-electron chi connectivity index (χ3n) is 2.10. The average molecular weight is 186 g/mol. The molecule has 0 bridgehead atoms. The summed E-state index contributed by atoms with van der Waals surface area (Å²) in [6.45, 7) is 2.90. The van der Waals surface area contributed by atoms with Crippen LogP contribution < -0.4 is 0 Å². The molecule has 0 aliphatic carbocycles. The van der Waals surface area contributed by atoms with E-state index < -0.39 is 6.09 Å². The Morgan fingerprint density at radius 2 is 2.50 bits per heavy atom. The van der Waals surface area contributed by atoms with E-state index in [2.05, 4.69) is 12.6 Å². The Bertz CT molecular complexity index is 260. The first kappa shape index (κ1) is 9.35. The average Bonchev–Trinajstić information content (AvgIpc) is 2.06. The van der Waals surface area contributed by atoms with Crippen molar-refractivity contribution in [3.63, 3.8) is 0 Å². The van der Waals surface area contributed by atoms with Crippen molar-refractivity contribution >= 4 is 18.7 Å². The lowest BCUT2D eigenvalue weighted by atomic mass is 10.3. The molecule has 0 spiro atoms. The van der Waals surface area contributed by atoms with Gasteiger partial charge in [-0.05, 0) is 13.0 Å². The van der Waals surface area contributed by atoms with Gasteiger partial charge in [-0.3, -0.25) is 0 Å². The number of allylic oxidation sites excluding steroid dienone is 1. The van der Waals surface area contributed by atoms with E-state index >= 15 is 0 Å².